The lowest BCUT2D eigenvalue weighted by Crippen LogP contribution is -2.12. The van der Waals surface area contributed by atoms with Crippen LogP contribution in [0.1, 0.15) is 12.2 Å². The van der Waals surface area contributed by atoms with Crippen LogP contribution in [0.3, 0.4) is 0 Å². The Bertz CT molecular complexity index is 345. The van der Waals surface area contributed by atoms with Gasteiger partial charge in [0.1, 0.15) is 5.82 Å². The molecule has 1 N–H and O–H groups in total. The maximum Gasteiger partial charge on any atom is 0.231 e. The largest absolute Gasteiger partial charge is 0.480 e. The number of rotatable bonds is 3. The second-order valence-corrected chi connectivity index (χ2v) is 4.56. The molecule has 2 rings (SSSR count). The van der Waals surface area contributed by atoms with Crippen LogP contribution in [0.5, 0.6) is 5.88 Å². The van der Waals surface area contributed by atoms with Crippen LogP contribution in [-0.4, -0.2) is 30.2 Å². The van der Waals surface area contributed by atoms with Gasteiger partial charge < -0.3 is 10.1 Å². The fourth-order valence-corrected chi connectivity index (χ4v) is 2.13. The maximum absolute atomic E-state index is 5.14. The van der Waals surface area contributed by atoms with Gasteiger partial charge >= 0.3 is 0 Å². The molecule has 0 unspecified atom stereocenters. The van der Waals surface area contributed by atoms with E-state index in [4.69, 9.17) is 4.74 Å². The van der Waals surface area contributed by atoms with Crippen molar-refractivity contribution >= 4 is 28.3 Å². The number of nitrogens with one attached hydrogen (secondary N) is 1. The third-order valence-corrected chi connectivity index (χ3v) is 3.13. The third kappa shape index (κ3) is 3.30. The average molecular weight is 309 g/mol. The SMILES string of the molecule is COc1nc(C[C@@H]2CCNC2)ncc1Br.Cl. The minimum Gasteiger partial charge on any atom is -0.480 e. The van der Waals surface area contributed by atoms with Crippen molar-refractivity contribution in [1.29, 1.82) is 0 Å². The maximum atomic E-state index is 5.14. The predicted octanol–water partition coefficient (Wildman–Crippen LogP) is 1.82. The van der Waals surface area contributed by atoms with E-state index in [1.54, 1.807) is 13.3 Å². The van der Waals surface area contributed by atoms with E-state index in [1.807, 2.05) is 0 Å². The van der Waals surface area contributed by atoms with Crippen LogP contribution in [0, 0.1) is 5.92 Å². The first-order chi connectivity index (χ1) is 7.29. The van der Waals surface area contributed by atoms with Gasteiger partial charge in [0.25, 0.3) is 0 Å². The number of halogens is 2. The Morgan fingerprint density at radius 1 is 1.62 bits per heavy atom. The molecule has 2 heterocycles. The van der Waals surface area contributed by atoms with Crippen molar-refractivity contribution < 1.29 is 4.74 Å². The molecular weight excluding hydrogens is 293 g/mol. The topological polar surface area (TPSA) is 47.0 Å². The Morgan fingerprint density at radius 2 is 2.44 bits per heavy atom. The van der Waals surface area contributed by atoms with Gasteiger partial charge in [0.05, 0.1) is 11.6 Å². The molecule has 0 bridgehead atoms. The van der Waals surface area contributed by atoms with Crippen LogP contribution >= 0.6 is 28.3 Å². The monoisotopic (exact) mass is 307 g/mol. The van der Waals surface area contributed by atoms with Gasteiger partial charge in [0, 0.05) is 12.6 Å². The molecule has 16 heavy (non-hydrogen) atoms. The van der Waals surface area contributed by atoms with Gasteiger partial charge in [0.15, 0.2) is 0 Å². The van der Waals surface area contributed by atoms with Gasteiger partial charge in [-0.1, -0.05) is 0 Å². The number of hydrogen-bond acceptors (Lipinski definition) is 4. The van der Waals surface area contributed by atoms with Crippen molar-refractivity contribution in [3.8, 4) is 5.88 Å². The highest BCUT2D eigenvalue weighted by Gasteiger charge is 2.17. The summed E-state index contributed by atoms with van der Waals surface area (Å²) in [6, 6.07) is 0. The van der Waals surface area contributed by atoms with E-state index in [1.165, 1.54) is 6.42 Å². The van der Waals surface area contributed by atoms with E-state index >= 15 is 0 Å². The summed E-state index contributed by atoms with van der Waals surface area (Å²) < 4.78 is 5.94. The number of nitrogens with zero attached hydrogens (tertiary/aromatic N) is 2. The molecule has 1 aliphatic heterocycles. The summed E-state index contributed by atoms with van der Waals surface area (Å²) in [6.45, 7) is 2.18. The number of hydrogen-bond donors (Lipinski definition) is 1. The van der Waals surface area contributed by atoms with E-state index in [2.05, 4.69) is 31.2 Å². The predicted molar refractivity (Wildman–Crippen MR) is 68.2 cm³/mol. The van der Waals surface area contributed by atoms with Gasteiger partial charge in [-0.3, -0.25) is 0 Å². The van der Waals surface area contributed by atoms with E-state index in [9.17, 15) is 0 Å². The lowest BCUT2D eigenvalue weighted by atomic mass is 10.0. The molecule has 90 valence electrons. The Kier molecular flexibility index (Phi) is 5.44. The van der Waals surface area contributed by atoms with Crippen LogP contribution in [0.25, 0.3) is 0 Å². The highest BCUT2D eigenvalue weighted by atomic mass is 79.9. The van der Waals surface area contributed by atoms with Crippen molar-refractivity contribution in [1.82, 2.24) is 15.3 Å². The highest BCUT2D eigenvalue weighted by molar-refractivity contribution is 9.10. The average Bonchev–Trinajstić information content (AvgIpc) is 2.73. The third-order valence-electron chi connectivity index (χ3n) is 2.59. The normalized spacial score (nSPS) is 19.2. The van der Waals surface area contributed by atoms with Crippen molar-refractivity contribution in [2.24, 2.45) is 5.92 Å². The van der Waals surface area contributed by atoms with Crippen molar-refractivity contribution in [3.05, 3.63) is 16.5 Å². The van der Waals surface area contributed by atoms with Crippen LogP contribution in [0.4, 0.5) is 0 Å². The molecule has 1 saturated heterocycles. The van der Waals surface area contributed by atoms with Gasteiger partial charge in [-0.2, -0.15) is 4.98 Å². The summed E-state index contributed by atoms with van der Waals surface area (Å²) in [5.41, 5.74) is 0. The smallest absolute Gasteiger partial charge is 0.231 e. The van der Waals surface area contributed by atoms with E-state index < -0.39 is 0 Å². The molecule has 0 saturated carbocycles. The van der Waals surface area contributed by atoms with Crippen LogP contribution in [0.15, 0.2) is 10.7 Å². The highest BCUT2D eigenvalue weighted by Crippen LogP contribution is 2.22. The zero-order chi connectivity index (χ0) is 10.7. The minimum absolute atomic E-state index is 0. The summed E-state index contributed by atoms with van der Waals surface area (Å²) >= 11 is 3.34. The summed E-state index contributed by atoms with van der Waals surface area (Å²) in [4.78, 5) is 8.63. The van der Waals surface area contributed by atoms with Gasteiger partial charge in [0.2, 0.25) is 5.88 Å². The summed E-state index contributed by atoms with van der Waals surface area (Å²) in [5.74, 6) is 2.14. The second kappa shape index (κ2) is 6.37. The molecule has 1 aliphatic rings. The molecule has 4 nitrogen and oxygen atoms in total. The number of ether oxygens (including phenoxy) is 1. The quantitative estimate of drug-likeness (QED) is 0.925. The lowest BCUT2D eigenvalue weighted by molar-refractivity contribution is 0.390. The van der Waals surface area contributed by atoms with Crippen LogP contribution in [0.2, 0.25) is 0 Å². The minimum atomic E-state index is 0. The van der Waals surface area contributed by atoms with Crippen LogP contribution in [-0.2, 0) is 6.42 Å². The van der Waals surface area contributed by atoms with E-state index in [0.29, 0.717) is 11.8 Å². The zero-order valence-electron chi connectivity index (χ0n) is 9.07. The van der Waals surface area contributed by atoms with Crippen molar-refractivity contribution in [2.45, 2.75) is 12.8 Å². The summed E-state index contributed by atoms with van der Waals surface area (Å²) in [6.07, 6.45) is 3.89. The molecule has 1 aromatic heterocycles. The van der Waals surface area contributed by atoms with Crippen molar-refractivity contribution in [2.75, 3.05) is 20.2 Å². The fourth-order valence-electron chi connectivity index (χ4n) is 1.77. The first-order valence-electron chi connectivity index (χ1n) is 5.05. The van der Waals surface area contributed by atoms with Crippen LogP contribution < -0.4 is 10.1 Å². The summed E-state index contributed by atoms with van der Waals surface area (Å²) in [5, 5.41) is 3.34. The van der Waals surface area contributed by atoms with Crippen molar-refractivity contribution in [3.63, 3.8) is 0 Å². The van der Waals surface area contributed by atoms with E-state index in [0.717, 1.165) is 29.8 Å². The van der Waals surface area contributed by atoms with Gasteiger partial charge in [-0.05, 0) is 41.4 Å². The lowest BCUT2D eigenvalue weighted by Gasteiger charge is -2.08. The molecule has 0 amide bonds. The molecule has 0 radical (unpaired) electrons. The molecular formula is C10H15BrClN3O. The molecule has 1 fully saturated rings. The molecule has 0 aliphatic carbocycles. The number of aromatic nitrogens is 2. The first kappa shape index (κ1) is 13.7. The Labute approximate surface area is 110 Å². The molecule has 0 aromatic carbocycles. The number of methoxy groups -OCH3 is 1. The fraction of sp³-hybridized carbons (Fsp3) is 0.600. The van der Waals surface area contributed by atoms with Gasteiger partial charge in [-0.25, -0.2) is 4.98 Å². The molecule has 1 atom stereocenters. The summed E-state index contributed by atoms with van der Waals surface area (Å²) in [7, 11) is 1.62. The Morgan fingerprint density at radius 3 is 3.06 bits per heavy atom. The van der Waals surface area contributed by atoms with Gasteiger partial charge in [-0.15, -0.1) is 12.4 Å². The molecule has 1 aromatic rings. The standard InChI is InChI=1S/C10H14BrN3O.ClH/c1-15-10-8(11)6-13-9(14-10)4-7-2-3-12-5-7;/h6-7,12H,2-5H2,1H3;1H/t7-;/m0./s1. The second-order valence-electron chi connectivity index (χ2n) is 3.71. The first-order valence-corrected chi connectivity index (χ1v) is 5.85. The Hall–Kier alpha value is -0.390. The zero-order valence-corrected chi connectivity index (χ0v) is 11.5. The van der Waals surface area contributed by atoms with E-state index in [-0.39, 0.29) is 12.4 Å². The Balaban J connectivity index is 0.00000128. The molecule has 0 spiro atoms. The molecule has 6 heteroatoms.